The normalized spacial score (nSPS) is 10.6. The van der Waals surface area contributed by atoms with E-state index in [1.54, 1.807) is 31.4 Å². The number of hydrogen-bond acceptors (Lipinski definition) is 6. The largest absolute Gasteiger partial charge is 0.497 e. The van der Waals surface area contributed by atoms with Gasteiger partial charge in [-0.15, -0.1) is 0 Å². The summed E-state index contributed by atoms with van der Waals surface area (Å²) in [5.41, 5.74) is 1.71. The number of carbonyl (C=O) groups excluding carboxylic acids is 1. The number of nitrogens with zero attached hydrogens (tertiary/aromatic N) is 2. The zero-order chi connectivity index (χ0) is 25.0. The van der Waals surface area contributed by atoms with Crippen molar-refractivity contribution < 1.29 is 19.4 Å². The third-order valence-corrected chi connectivity index (χ3v) is 6.24. The standard InChI is InChI=1S/C26H25ClN2O5/c1-15-11-20(12-16(2)24(15)27)34-14-22(30)23-17(3)21(13-28)25(31)29(26(23)32)10-9-18-5-7-19(33-4)8-6-18/h5-8,11-12,32H,9-10,14H2,1-4H3. The van der Waals surface area contributed by atoms with E-state index in [0.29, 0.717) is 22.9 Å². The number of pyridine rings is 1. The second-order valence-electron chi connectivity index (χ2n) is 7.95. The van der Waals surface area contributed by atoms with Crippen LogP contribution in [0.4, 0.5) is 0 Å². The number of methoxy groups -OCH3 is 1. The lowest BCUT2D eigenvalue weighted by Crippen LogP contribution is -2.28. The van der Waals surface area contributed by atoms with Crippen molar-refractivity contribution in [3.8, 4) is 23.4 Å². The SMILES string of the molecule is COc1ccc(CCn2c(O)c(C(=O)COc3cc(C)c(Cl)c(C)c3)c(C)c(C#N)c2=O)cc1. The van der Waals surface area contributed by atoms with Crippen molar-refractivity contribution in [3.63, 3.8) is 0 Å². The van der Waals surface area contributed by atoms with Gasteiger partial charge in [-0.05, 0) is 73.7 Å². The Labute approximate surface area is 202 Å². The minimum atomic E-state index is -0.646. The summed E-state index contributed by atoms with van der Waals surface area (Å²) >= 11 is 6.18. The zero-order valence-electron chi connectivity index (χ0n) is 19.4. The summed E-state index contributed by atoms with van der Waals surface area (Å²) in [7, 11) is 1.57. The molecule has 0 aliphatic carbocycles. The van der Waals surface area contributed by atoms with Crippen LogP contribution in [0.2, 0.25) is 5.02 Å². The Balaban J connectivity index is 1.89. The Morgan fingerprint density at radius 1 is 1.12 bits per heavy atom. The van der Waals surface area contributed by atoms with E-state index in [0.717, 1.165) is 21.3 Å². The van der Waals surface area contributed by atoms with Crippen LogP contribution in [0.3, 0.4) is 0 Å². The number of aromatic nitrogens is 1. The second kappa shape index (κ2) is 10.4. The molecule has 0 spiro atoms. The van der Waals surface area contributed by atoms with Crippen LogP contribution in [-0.2, 0) is 13.0 Å². The van der Waals surface area contributed by atoms with Gasteiger partial charge in [-0.1, -0.05) is 23.7 Å². The number of carbonyl (C=O) groups is 1. The van der Waals surface area contributed by atoms with E-state index in [4.69, 9.17) is 21.1 Å². The van der Waals surface area contributed by atoms with E-state index in [1.807, 2.05) is 32.0 Å². The summed E-state index contributed by atoms with van der Waals surface area (Å²) < 4.78 is 11.8. The smallest absolute Gasteiger partial charge is 0.271 e. The highest BCUT2D eigenvalue weighted by Crippen LogP contribution is 2.27. The molecule has 0 atom stereocenters. The molecule has 0 saturated carbocycles. The molecule has 0 aliphatic rings. The molecule has 2 aromatic carbocycles. The van der Waals surface area contributed by atoms with E-state index in [2.05, 4.69) is 0 Å². The molecule has 34 heavy (non-hydrogen) atoms. The summed E-state index contributed by atoms with van der Waals surface area (Å²) in [5, 5.41) is 21.0. The van der Waals surface area contributed by atoms with Crippen LogP contribution in [-0.4, -0.2) is 29.2 Å². The van der Waals surface area contributed by atoms with Crippen molar-refractivity contribution in [1.29, 1.82) is 5.26 Å². The lowest BCUT2D eigenvalue weighted by molar-refractivity contribution is 0.0916. The van der Waals surface area contributed by atoms with Crippen molar-refractivity contribution in [2.75, 3.05) is 13.7 Å². The molecular weight excluding hydrogens is 456 g/mol. The van der Waals surface area contributed by atoms with Crippen LogP contribution in [0.5, 0.6) is 17.4 Å². The van der Waals surface area contributed by atoms with Crippen molar-refractivity contribution in [2.45, 2.75) is 33.7 Å². The van der Waals surface area contributed by atoms with E-state index in [9.17, 15) is 20.0 Å². The van der Waals surface area contributed by atoms with E-state index >= 15 is 0 Å². The molecule has 1 heterocycles. The van der Waals surface area contributed by atoms with Gasteiger partial charge in [0.25, 0.3) is 5.56 Å². The van der Waals surface area contributed by atoms with Crippen molar-refractivity contribution >= 4 is 17.4 Å². The first-order chi connectivity index (χ1) is 16.2. The van der Waals surface area contributed by atoms with Gasteiger partial charge in [0.1, 0.15) is 23.1 Å². The summed E-state index contributed by atoms with van der Waals surface area (Å²) in [5.74, 6) is 0.130. The Hall–Kier alpha value is -3.76. The average Bonchev–Trinajstić information content (AvgIpc) is 2.81. The van der Waals surface area contributed by atoms with Crippen LogP contribution < -0.4 is 15.0 Å². The number of ether oxygens (including phenoxy) is 2. The first-order valence-electron chi connectivity index (χ1n) is 10.6. The van der Waals surface area contributed by atoms with Crippen LogP contribution in [0, 0.1) is 32.1 Å². The maximum Gasteiger partial charge on any atom is 0.271 e. The molecule has 1 N–H and O–H groups in total. The Bertz CT molecular complexity index is 1310. The minimum absolute atomic E-state index is 0.0860. The van der Waals surface area contributed by atoms with Crippen LogP contribution in [0.25, 0.3) is 0 Å². The number of aryl methyl sites for hydroxylation is 3. The molecule has 0 saturated heterocycles. The molecule has 8 heteroatoms. The van der Waals surface area contributed by atoms with Gasteiger partial charge in [0.15, 0.2) is 6.61 Å². The highest BCUT2D eigenvalue weighted by Gasteiger charge is 2.24. The summed E-state index contributed by atoms with van der Waals surface area (Å²) in [6.07, 6.45) is 0.402. The maximum atomic E-state index is 13.0. The molecule has 0 fully saturated rings. The lowest BCUT2D eigenvalue weighted by atomic mass is 10.0. The predicted molar refractivity (Wildman–Crippen MR) is 129 cm³/mol. The lowest BCUT2D eigenvalue weighted by Gasteiger charge is -2.16. The molecule has 0 radical (unpaired) electrons. The summed E-state index contributed by atoms with van der Waals surface area (Å²) in [6, 6.07) is 12.6. The number of halogens is 1. The van der Waals surface area contributed by atoms with Gasteiger partial charge in [0.2, 0.25) is 11.7 Å². The van der Waals surface area contributed by atoms with Gasteiger partial charge in [-0.25, -0.2) is 0 Å². The molecule has 3 aromatic rings. The summed E-state index contributed by atoms with van der Waals surface area (Å²) in [6.45, 7) is 4.84. The quantitative estimate of drug-likeness (QED) is 0.476. The van der Waals surface area contributed by atoms with Crippen molar-refractivity contribution in [3.05, 3.63) is 85.2 Å². The predicted octanol–water partition coefficient (Wildman–Crippen LogP) is 4.52. The van der Waals surface area contributed by atoms with Crippen molar-refractivity contribution in [2.24, 2.45) is 0 Å². The summed E-state index contributed by atoms with van der Waals surface area (Å²) in [4.78, 5) is 25.9. The Morgan fingerprint density at radius 2 is 1.74 bits per heavy atom. The third-order valence-electron chi connectivity index (χ3n) is 5.64. The van der Waals surface area contributed by atoms with Gasteiger partial charge in [-0.3, -0.25) is 14.2 Å². The number of benzene rings is 2. The first kappa shape index (κ1) is 24.9. The van der Waals surface area contributed by atoms with E-state index in [-0.39, 0.29) is 29.8 Å². The molecular formula is C26H25ClN2O5. The molecule has 0 unspecified atom stereocenters. The van der Waals surface area contributed by atoms with Gasteiger partial charge in [0.05, 0.1) is 12.7 Å². The number of aromatic hydroxyl groups is 1. The molecule has 1 aromatic heterocycles. The topological polar surface area (TPSA) is 102 Å². The van der Waals surface area contributed by atoms with Crippen LogP contribution >= 0.6 is 11.6 Å². The van der Waals surface area contributed by atoms with Crippen LogP contribution in [0.15, 0.2) is 41.2 Å². The average molecular weight is 481 g/mol. The van der Waals surface area contributed by atoms with Gasteiger partial charge >= 0.3 is 0 Å². The fourth-order valence-electron chi connectivity index (χ4n) is 3.74. The van der Waals surface area contributed by atoms with E-state index < -0.39 is 17.2 Å². The fraction of sp³-hybridized carbons (Fsp3) is 0.269. The maximum absolute atomic E-state index is 13.0. The molecule has 0 aliphatic heterocycles. The van der Waals surface area contributed by atoms with Gasteiger partial charge < -0.3 is 14.6 Å². The Kier molecular flexibility index (Phi) is 7.64. The molecule has 3 rings (SSSR count). The van der Waals surface area contributed by atoms with E-state index in [1.165, 1.54) is 6.92 Å². The molecule has 176 valence electrons. The second-order valence-corrected chi connectivity index (χ2v) is 8.33. The zero-order valence-corrected chi connectivity index (χ0v) is 20.2. The number of hydrogen-bond donors (Lipinski definition) is 1. The van der Waals surface area contributed by atoms with Crippen molar-refractivity contribution in [1.82, 2.24) is 4.57 Å². The highest BCUT2D eigenvalue weighted by molar-refractivity contribution is 6.32. The third kappa shape index (κ3) is 5.08. The molecule has 0 bridgehead atoms. The number of ketones is 1. The monoisotopic (exact) mass is 480 g/mol. The number of Topliss-reactive ketones (excluding diaryl/α,β-unsaturated/α-hetero) is 1. The number of nitriles is 1. The fourth-order valence-corrected chi connectivity index (χ4v) is 3.84. The van der Waals surface area contributed by atoms with Gasteiger partial charge in [0, 0.05) is 11.6 Å². The number of rotatable bonds is 8. The van der Waals surface area contributed by atoms with Crippen LogP contribution in [0.1, 0.15) is 38.2 Å². The Morgan fingerprint density at radius 3 is 2.29 bits per heavy atom. The highest BCUT2D eigenvalue weighted by atomic mass is 35.5. The molecule has 0 amide bonds. The first-order valence-corrected chi connectivity index (χ1v) is 11.0. The van der Waals surface area contributed by atoms with Gasteiger partial charge in [-0.2, -0.15) is 5.26 Å². The molecule has 7 nitrogen and oxygen atoms in total. The minimum Gasteiger partial charge on any atom is -0.497 e.